The minimum Gasteiger partial charge on any atom is -0.325 e. The van der Waals surface area contributed by atoms with Gasteiger partial charge in [0, 0.05) is 18.2 Å². The van der Waals surface area contributed by atoms with Gasteiger partial charge in [0.2, 0.25) is 17.7 Å². The van der Waals surface area contributed by atoms with Crippen molar-refractivity contribution >= 4 is 34.8 Å². The summed E-state index contributed by atoms with van der Waals surface area (Å²) in [5.41, 5.74) is 3.08. The standard InChI is InChI=1S/C23H28N4O3/c1-15-8-7-9-18(12-15)24-23(30)17(3)26(4)14-22(29)27-16(2)13-21(28)25-19-10-5-6-11-20(19)27/h5-12,16-17H,13-14H2,1-4H3,(H,24,30)(H,25,28)/t16-,17+/m0/s1. The van der Waals surface area contributed by atoms with Gasteiger partial charge in [0.1, 0.15) is 0 Å². The Morgan fingerprint density at radius 3 is 2.70 bits per heavy atom. The maximum Gasteiger partial charge on any atom is 0.241 e. The summed E-state index contributed by atoms with van der Waals surface area (Å²) in [5, 5.41) is 5.75. The van der Waals surface area contributed by atoms with Gasteiger partial charge in [-0.15, -0.1) is 0 Å². The number of aryl methyl sites for hydroxylation is 1. The maximum absolute atomic E-state index is 13.2. The number of fused-ring (bicyclic) bond motifs is 1. The molecule has 0 spiro atoms. The van der Waals surface area contributed by atoms with E-state index in [1.807, 2.05) is 56.3 Å². The van der Waals surface area contributed by atoms with Gasteiger partial charge in [-0.2, -0.15) is 0 Å². The molecule has 0 saturated heterocycles. The van der Waals surface area contributed by atoms with Crippen LogP contribution in [-0.2, 0) is 14.4 Å². The largest absolute Gasteiger partial charge is 0.325 e. The van der Waals surface area contributed by atoms with Crippen molar-refractivity contribution in [1.82, 2.24) is 4.90 Å². The number of carbonyl (C=O) groups is 3. The summed E-state index contributed by atoms with van der Waals surface area (Å²) in [7, 11) is 1.75. The molecule has 0 saturated carbocycles. The molecule has 0 bridgehead atoms. The van der Waals surface area contributed by atoms with Crippen molar-refractivity contribution in [2.75, 3.05) is 29.1 Å². The van der Waals surface area contributed by atoms with Crippen molar-refractivity contribution in [1.29, 1.82) is 0 Å². The van der Waals surface area contributed by atoms with Gasteiger partial charge in [0.15, 0.2) is 0 Å². The second kappa shape index (κ2) is 9.09. The summed E-state index contributed by atoms with van der Waals surface area (Å²) >= 11 is 0. The molecule has 1 heterocycles. The van der Waals surface area contributed by atoms with Crippen LogP contribution in [0.4, 0.5) is 17.1 Å². The molecule has 2 atom stereocenters. The van der Waals surface area contributed by atoms with Crippen LogP contribution in [0.25, 0.3) is 0 Å². The van der Waals surface area contributed by atoms with Crippen molar-refractivity contribution in [3.8, 4) is 0 Å². The molecule has 3 rings (SSSR count). The highest BCUT2D eigenvalue weighted by molar-refractivity contribution is 6.05. The molecule has 0 radical (unpaired) electrons. The van der Waals surface area contributed by atoms with Gasteiger partial charge in [-0.3, -0.25) is 19.3 Å². The molecular weight excluding hydrogens is 380 g/mol. The van der Waals surface area contributed by atoms with Crippen molar-refractivity contribution in [2.45, 2.75) is 39.3 Å². The van der Waals surface area contributed by atoms with Crippen LogP contribution in [0.2, 0.25) is 0 Å². The fourth-order valence-electron chi connectivity index (χ4n) is 3.56. The highest BCUT2D eigenvalue weighted by atomic mass is 16.2. The second-order valence-electron chi connectivity index (χ2n) is 7.83. The Kier molecular flexibility index (Phi) is 6.52. The smallest absolute Gasteiger partial charge is 0.241 e. The normalized spacial score (nSPS) is 17.0. The molecule has 1 aliphatic heterocycles. The first kappa shape index (κ1) is 21.5. The number of nitrogens with one attached hydrogen (secondary N) is 2. The number of amides is 3. The highest BCUT2D eigenvalue weighted by Crippen LogP contribution is 2.31. The summed E-state index contributed by atoms with van der Waals surface area (Å²) in [6.07, 6.45) is 0.216. The fourth-order valence-corrected chi connectivity index (χ4v) is 3.56. The molecule has 2 aromatic carbocycles. The van der Waals surface area contributed by atoms with Crippen LogP contribution in [0, 0.1) is 6.92 Å². The molecule has 30 heavy (non-hydrogen) atoms. The van der Waals surface area contributed by atoms with E-state index < -0.39 is 6.04 Å². The van der Waals surface area contributed by atoms with Gasteiger partial charge in [-0.1, -0.05) is 24.3 Å². The number of benzene rings is 2. The third-order valence-electron chi connectivity index (χ3n) is 5.34. The highest BCUT2D eigenvalue weighted by Gasteiger charge is 2.31. The quantitative estimate of drug-likeness (QED) is 0.797. The van der Waals surface area contributed by atoms with Gasteiger partial charge in [0.05, 0.1) is 24.0 Å². The number of carbonyl (C=O) groups excluding carboxylic acids is 3. The molecule has 0 unspecified atom stereocenters. The van der Waals surface area contributed by atoms with E-state index in [1.54, 1.807) is 29.8 Å². The zero-order chi connectivity index (χ0) is 21.8. The van der Waals surface area contributed by atoms with Gasteiger partial charge < -0.3 is 15.5 Å². The predicted molar refractivity (Wildman–Crippen MR) is 119 cm³/mol. The van der Waals surface area contributed by atoms with Crippen LogP contribution < -0.4 is 15.5 Å². The summed E-state index contributed by atoms with van der Waals surface area (Å²) in [5.74, 6) is -0.467. The molecule has 2 aromatic rings. The van der Waals surface area contributed by atoms with E-state index in [0.29, 0.717) is 11.4 Å². The first-order valence-electron chi connectivity index (χ1n) is 10.0. The third-order valence-corrected chi connectivity index (χ3v) is 5.34. The van der Waals surface area contributed by atoms with Crippen LogP contribution in [-0.4, -0.2) is 48.3 Å². The van der Waals surface area contributed by atoms with Gasteiger partial charge in [-0.05, 0) is 57.6 Å². The molecular formula is C23H28N4O3. The maximum atomic E-state index is 13.2. The minimum atomic E-state index is -0.508. The van der Waals surface area contributed by atoms with Crippen LogP contribution in [0.15, 0.2) is 48.5 Å². The zero-order valence-corrected chi connectivity index (χ0v) is 17.8. The average Bonchev–Trinajstić information content (AvgIpc) is 2.81. The van der Waals surface area contributed by atoms with E-state index in [1.165, 1.54) is 0 Å². The Bertz CT molecular complexity index is 959. The van der Waals surface area contributed by atoms with E-state index in [9.17, 15) is 14.4 Å². The summed E-state index contributed by atoms with van der Waals surface area (Å²) < 4.78 is 0. The Labute approximate surface area is 177 Å². The van der Waals surface area contributed by atoms with Crippen LogP contribution in [0.3, 0.4) is 0 Å². The number of hydrogen-bond acceptors (Lipinski definition) is 4. The molecule has 7 nitrogen and oxygen atoms in total. The average molecular weight is 409 g/mol. The van der Waals surface area contributed by atoms with Crippen molar-refractivity contribution < 1.29 is 14.4 Å². The lowest BCUT2D eigenvalue weighted by molar-refractivity contribution is -0.123. The zero-order valence-electron chi connectivity index (χ0n) is 17.8. The Hall–Kier alpha value is -3.19. The van der Waals surface area contributed by atoms with Crippen molar-refractivity contribution in [3.05, 3.63) is 54.1 Å². The lowest BCUT2D eigenvalue weighted by Gasteiger charge is -2.31. The number of hydrogen-bond donors (Lipinski definition) is 2. The van der Waals surface area contributed by atoms with Crippen LogP contribution >= 0.6 is 0 Å². The Morgan fingerprint density at radius 2 is 1.97 bits per heavy atom. The second-order valence-corrected chi connectivity index (χ2v) is 7.83. The fraction of sp³-hybridized carbons (Fsp3) is 0.348. The summed E-state index contributed by atoms with van der Waals surface area (Å²) in [4.78, 5) is 41.3. The van der Waals surface area contributed by atoms with Gasteiger partial charge in [0.25, 0.3) is 0 Å². The first-order valence-corrected chi connectivity index (χ1v) is 10.0. The molecule has 1 aliphatic rings. The molecule has 3 amide bonds. The van der Waals surface area contributed by atoms with Crippen molar-refractivity contribution in [3.63, 3.8) is 0 Å². The molecule has 7 heteroatoms. The number of anilines is 3. The molecule has 0 fully saturated rings. The lowest BCUT2D eigenvalue weighted by Crippen LogP contribution is -2.48. The molecule has 2 N–H and O–H groups in total. The third kappa shape index (κ3) is 4.86. The van der Waals surface area contributed by atoms with Gasteiger partial charge >= 0.3 is 0 Å². The Balaban J connectivity index is 1.71. The van der Waals surface area contributed by atoms with E-state index in [-0.39, 0.29) is 36.7 Å². The van der Waals surface area contributed by atoms with E-state index in [0.717, 1.165) is 11.3 Å². The number of nitrogens with zero attached hydrogens (tertiary/aromatic N) is 2. The SMILES string of the molecule is Cc1cccc(NC(=O)[C@@H](C)N(C)CC(=O)N2c3ccccc3NC(=O)C[C@@H]2C)c1. The van der Waals surface area contributed by atoms with Crippen molar-refractivity contribution in [2.24, 2.45) is 0 Å². The van der Waals surface area contributed by atoms with E-state index in [4.69, 9.17) is 0 Å². The first-order chi connectivity index (χ1) is 14.3. The monoisotopic (exact) mass is 408 g/mol. The number of rotatable bonds is 5. The predicted octanol–water partition coefficient (Wildman–Crippen LogP) is 3.02. The lowest BCUT2D eigenvalue weighted by atomic mass is 10.1. The topological polar surface area (TPSA) is 81.8 Å². The summed E-state index contributed by atoms with van der Waals surface area (Å²) in [6.45, 7) is 5.63. The molecule has 0 aliphatic carbocycles. The Morgan fingerprint density at radius 1 is 1.23 bits per heavy atom. The summed E-state index contributed by atoms with van der Waals surface area (Å²) in [6, 6.07) is 14.1. The van der Waals surface area contributed by atoms with Gasteiger partial charge in [-0.25, -0.2) is 0 Å². The van der Waals surface area contributed by atoms with E-state index in [2.05, 4.69) is 10.6 Å². The minimum absolute atomic E-state index is 0.0509. The molecule has 158 valence electrons. The van der Waals surface area contributed by atoms with Crippen LogP contribution in [0.5, 0.6) is 0 Å². The number of para-hydroxylation sites is 2. The van der Waals surface area contributed by atoms with Crippen LogP contribution in [0.1, 0.15) is 25.8 Å². The van der Waals surface area contributed by atoms with E-state index >= 15 is 0 Å². The molecule has 0 aromatic heterocycles. The number of likely N-dealkylation sites (N-methyl/N-ethyl adjacent to an activating group) is 1.